The van der Waals surface area contributed by atoms with Crippen molar-refractivity contribution in [1.29, 1.82) is 0 Å². The molecule has 3 nitrogen and oxygen atoms in total. The molecular weight excluding hydrogens is 227 g/mol. The van der Waals surface area contributed by atoms with Crippen LogP contribution in [0.2, 0.25) is 0 Å². The molecule has 1 amide bonds. The van der Waals surface area contributed by atoms with Crippen LogP contribution < -0.4 is 10.6 Å². The fraction of sp³-hybridized carbons (Fsp3) is 0.364. The molecule has 1 aliphatic heterocycles. The van der Waals surface area contributed by atoms with Gasteiger partial charge in [0.05, 0.1) is 11.4 Å². The maximum absolute atomic E-state index is 13.0. The molecule has 5 heteroatoms. The normalized spacial score (nSPS) is 18.6. The van der Waals surface area contributed by atoms with Crippen LogP contribution in [-0.2, 0) is 4.79 Å². The van der Waals surface area contributed by atoms with Crippen LogP contribution in [0.4, 0.5) is 15.8 Å². The predicted octanol–water partition coefficient (Wildman–Crippen LogP) is 2.31. The van der Waals surface area contributed by atoms with Crippen molar-refractivity contribution < 1.29 is 9.18 Å². The third-order valence-electron chi connectivity index (χ3n) is 2.50. The Hall–Kier alpha value is -1.23. The molecule has 1 aromatic rings. The Morgan fingerprint density at radius 2 is 2.25 bits per heavy atom. The Bertz CT molecular complexity index is 411. The fourth-order valence-electron chi connectivity index (χ4n) is 1.66. The zero-order valence-corrected chi connectivity index (χ0v) is 9.73. The third kappa shape index (κ3) is 2.29. The third-order valence-corrected chi connectivity index (χ3v) is 3.14. The Kier molecular flexibility index (Phi) is 3.33. The first kappa shape index (κ1) is 11.3. The van der Waals surface area contributed by atoms with Gasteiger partial charge in [-0.3, -0.25) is 4.79 Å². The molecule has 1 unspecified atom stereocenters. The molecule has 0 saturated carbocycles. The van der Waals surface area contributed by atoms with Crippen LogP contribution in [0.15, 0.2) is 18.2 Å². The molecule has 2 rings (SSSR count). The predicted molar refractivity (Wildman–Crippen MR) is 65.4 cm³/mol. The van der Waals surface area contributed by atoms with E-state index in [1.165, 1.54) is 12.1 Å². The van der Waals surface area contributed by atoms with Gasteiger partial charge in [0.1, 0.15) is 11.9 Å². The second kappa shape index (κ2) is 4.74. The highest BCUT2D eigenvalue weighted by molar-refractivity contribution is 7.98. The molecule has 1 aliphatic rings. The second-order valence-electron chi connectivity index (χ2n) is 3.66. The summed E-state index contributed by atoms with van der Waals surface area (Å²) in [5, 5.41) is 5.83. The molecule has 0 spiro atoms. The maximum Gasteiger partial charge on any atom is 0.246 e. The topological polar surface area (TPSA) is 41.1 Å². The number of halogens is 1. The highest BCUT2D eigenvalue weighted by Gasteiger charge is 2.24. The Labute approximate surface area is 97.8 Å². The minimum atomic E-state index is -0.300. The quantitative estimate of drug-likeness (QED) is 0.852. The van der Waals surface area contributed by atoms with Crippen molar-refractivity contribution in [1.82, 2.24) is 0 Å². The number of anilines is 2. The van der Waals surface area contributed by atoms with Gasteiger partial charge in [-0.25, -0.2) is 4.39 Å². The Balaban J connectivity index is 2.16. The van der Waals surface area contributed by atoms with Crippen LogP contribution in [-0.4, -0.2) is 24.0 Å². The van der Waals surface area contributed by atoms with Crippen LogP contribution in [0.25, 0.3) is 0 Å². The standard InChI is InChI=1S/C11H13FN2OS/c1-16-5-4-9-11(15)14-8-3-2-7(12)6-10(8)13-9/h2-3,6,9,13H,4-5H2,1H3,(H,14,15). The monoisotopic (exact) mass is 240 g/mol. The molecule has 0 aromatic heterocycles. The smallest absolute Gasteiger partial charge is 0.246 e. The molecule has 1 atom stereocenters. The van der Waals surface area contributed by atoms with Gasteiger partial charge < -0.3 is 10.6 Å². The van der Waals surface area contributed by atoms with E-state index >= 15 is 0 Å². The molecule has 1 aromatic carbocycles. The fourth-order valence-corrected chi connectivity index (χ4v) is 2.13. The van der Waals surface area contributed by atoms with E-state index in [1.54, 1.807) is 17.8 Å². The van der Waals surface area contributed by atoms with E-state index in [0.29, 0.717) is 11.4 Å². The van der Waals surface area contributed by atoms with Crippen molar-refractivity contribution >= 4 is 29.0 Å². The number of fused-ring (bicyclic) bond motifs is 1. The molecule has 0 fully saturated rings. The summed E-state index contributed by atoms with van der Waals surface area (Å²) in [6, 6.07) is 4.05. The molecule has 0 aliphatic carbocycles. The number of nitrogens with one attached hydrogen (secondary N) is 2. The summed E-state index contributed by atoms with van der Waals surface area (Å²) in [5.74, 6) is 0.551. The summed E-state index contributed by atoms with van der Waals surface area (Å²) in [7, 11) is 0. The molecule has 1 heterocycles. The van der Waals surface area contributed by atoms with Crippen LogP contribution in [0.3, 0.4) is 0 Å². The summed E-state index contributed by atoms with van der Waals surface area (Å²) in [4.78, 5) is 11.7. The summed E-state index contributed by atoms with van der Waals surface area (Å²) in [6.45, 7) is 0. The first-order valence-electron chi connectivity index (χ1n) is 5.06. The molecule has 0 saturated heterocycles. The number of carbonyl (C=O) groups excluding carboxylic acids is 1. The highest BCUT2D eigenvalue weighted by Crippen LogP contribution is 2.28. The van der Waals surface area contributed by atoms with E-state index in [1.807, 2.05) is 6.26 Å². The lowest BCUT2D eigenvalue weighted by atomic mass is 10.1. The first-order chi connectivity index (χ1) is 7.70. The minimum Gasteiger partial charge on any atom is -0.372 e. The van der Waals surface area contributed by atoms with E-state index in [0.717, 1.165) is 12.2 Å². The number of rotatable bonds is 3. The number of hydrogen-bond acceptors (Lipinski definition) is 3. The van der Waals surface area contributed by atoms with E-state index in [2.05, 4.69) is 10.6 Å². The summed E-state index contributed by atoms with van der Waals surface area (Å²) in [6.07, 6.45) is 2.73. The molecule has 0 bridgehead atoms. The van der Waals surface area contributed by atoms with E-state index in [4.69, 9.17) is 0 Å². The van der Waals surface area contributed by atoms with Crippen LogP contribution in [0, 0.1) is 5.82 Å². The molecule has 86 valence electrons. The van der Waals surface area contributed by atoms with Gasteiger partial charge >= 0.3 is 0 Å². The number of carbonyl (C=O) groups is 1. The minimum absolute atomic E-state index is 0.0480. The van der Waals surface area contributed by atoms with Gasteiger partial charge in [-0.05, 0) is 36.6 Å². The SMILES string of the molecule is CSCCC1Nc2cc(F)ccc2NC1=O. The highest BCUT2D eigenvalue weighted by atomic mass is 32.2. The molecular formula is C11H13FN2OS. The van der Waals surface area contributed by atoms with Crippen LogP contribution in [0.1, 0.15) is 6.42 Å². The van der Waals surface area contributed by atoms with Crippen LogP contribution in [0.5, 0.6) is 0 Å². The van der Waals surface area contributed by atoms with Crippen molar-refractivity contribution in [3.8, 4) is 0 Å². The van der Waals surface area contributed by atoms with Gasteiger partial charge in [0.25, 0.3) is 0 Å². The number of thioether (sulfide) groups is 1. The van der Waals surface area contributed by atoms with Gasteiger partial charge in [-0.2, -0.15) is 11.8 Å². The van der Waals surface area contributed by atoms with Gasteiger partial charge in [-0.1, -0.05) is 0 Å². The second-order valence-corrected chi connectivity index (χ2v) is 4.64. The average Bonchev–Trinajstić information content (AvgIpc) is 2.27. The average molecular weight is 240 g/mol. The molecule has 2 N–H and O–H groups in total. The van der Waals surface area contributed by atoms with Crippen molar-refractivity contribution in [3.63, 3.8) is 0 Å². The van der Waals surface area contributed by atoms with Crippen molar-refractivity contribution in [2.75, 3.05) is 22.6 Å². The number of benzene rings is 1. The summed E-state index contributed by atoms with van der Waals surface area (Å²) >= 11 is 1.69. The zero-order valence-electron chi connectivity index (χ0n) is 8.92. The van der Waals surface area contributed by atoms with Crippen molar-refractivity contribution in [2.24, 2.45) is 0 Å². The van der Waals surface area contributed by atoms with E-state index in [9.17, 15) is 9.18 Å². The Morgan fingerprint density at radius 3 is 3.00 bits per heavy atom. The lowest BCUT2D eigenvalue weighted by Gasteiger charge is -2.26. The number of amides is 1. The van der Waals surface area contributed by atoms with Crippen molar-refractivity contribution in [2.45, 2.75) is 12.5 Å². The van der Waals surface area contributed by atoms with Gasteiger partial charge in [0.15, 0.2) is 0 Å². The lowest BCUT2D eigenvalue weighted by molar-refractivity contribution is -0.117. The summed E-state index contributed by atoms with van der Waals surface area (Å²) in [5.41, 5.74) is 1.30. The molecule has 16 heavy (non-hydrogen) atoms. The zero-order chi connectivity index (χ0) is 11.5. The number of hydrogen-bond donors (Lipinski definition) is 2. The first-order valence-corrected chi connectivity index (χ1v) is 6.46. The van der Waals surface area contributed by atoms with Crippen molar-refractivity contribution in [3.05, 3.63) is 24.0 Å². The van der Waals surface area contributed by atoms with Gasteiger partial charge in [0.2, 0.25) is 5.91 Å². The van der Waals surface area contributed by atoms with E-state index in [-0.39, 0.29) is 17.8 Å². The molecule has 0 radical (unpaired) electrons. The lowest BCUT2D eigenvalue weighted by Crippen LogP contribution is -2.39. The maximum atomic E-state index is 13.0. The largest absolute Gasteiger partial charge is 0.372 e. The summed E-state index contributed by atoms with van der Waals surface area (Å²) < 4.78 is 13.0. The van der Waals surface area contributed by atoms with E-state index < -0.39 is 0 Å². The van der Waals surface area contributed by atoms with Gasteiger partial charge in [0, 0.05) is 0 Å². The van der Waals surface area contributed by atoms with Crippen LogP contribution >= 0.6 is 11.8 Å². The Morgan fingerprint density at radius 1 is 1.44 bits per heavy atom. The van der Waals surface area contributed by atoms with Gasteiger partial charge in [-0.15, -0.1) is 0 Å².